The molecule has 10 rings (SSSR count). The molecule has 0 spiro atoms. The third-order valence-corrected chi connectivity index (χ3v) is 9.47. The van der Waals surface area contributed by atoms with Crippen LogP contribution in [0.3, 0.4) is 0 Å². The van der Waals surface area contributed by atoms with Crippen molar-refractivity contribution < 1.29 is 4.42 Å². The molecule has 3 aromatic heterocycles. The molecule has 0 N–H and O–H groups in total. The van der Waals surface area contributed by atoms with Crippen molar-refractivity contribution in [1.29, 1.82) is 0 Å². The maximum atomic E-state index is 6.24. The topological polar surface area (TPSA) is 56.7 Å². The predicted octanol–water partition coefficient (Wildman–Crippen LogP) is 11.5. The standard InChI is InChI=1S/C45H28N4O/c1-3-13-29(14-4-1)43-46-44(30-15-5-2-6-16-30)48-45(47-43)36-19-8-11-21-39(36)49-38-20-10-7-17-33(38)37-27-31(24-26-40(37)49)32-23-25-35-34-18-9-12-22-41(34)50-42(35)28-32/h1-28H. The van der Waals surface area contributed by atoms with E-state index in [0.29, 0.717) is 17.5 Å². The lowest BCUT2D eigenvalue weighted by Gasteiger charge is -2.14. The Hall–Kier alpha value is -6.85. The van der Waals surface area contributed by atoms with Gasteiger partial charge < -0.3 is 8.98 Å². The van der Waals surface area contributed by atoms with Gasteiger partial charge in [0.25, 0.3) is 0 Å². The summed E-state index contributed by atoms with van der Waals surface area (Å²) in [7, 11) is 0. The van der Waals surface area contributed by atoms with E-state index in [4.69, 9.17) is 19.4 Å². The summed E-state index contributed by atoms with van der Waals surface area (Å²) >= 11 is 0. The Balaban J connectivity index is 1.16. The van der Waals surface area contributed by atoms with Crippen LogP contribution in [0, 0.1) is 0 Å². The number of furan rings is 1. The fourth-order valence-corrected chi connectivity index (χ4v) is 7.10. The largest absolute Gasteiger partial charge is 0.456 e. The lowest BCUT2D eigenvalue weighted by molar-refractivity contribution is 0.669. The Labute approximate surface area is 287 Å². The average molecular weight is 641 g/mol. The van der Waals surface area contributed by atoms with Crippen molar-refractivity contribution in [3.63, 3.8) is 0 Å². The van der Waals surface area contributed by atoms with Crippen LogP contribution in [0.4, 0.5) is 0 Å². The van der Waals surface area contributed by atoms with Gasteiger partial charge in [-0.05, 0) is 59.7 Å². The maximum absolute atomic E-state index is 6.24. The number of para-hydroxylation sites is 3. The van der Waals surface area contributed by atoms with Gasteiger partial charge in [0.2, 0.25) is 0 Å². The van der Waals surface area contributed by atoms with Crippen LogP contribution in [0.15, 0.2) is 174 Å². The monoisotopic (exact) mass is 640 g/mol. The molecule has 0 aliphatic carbocycles. The molecule has 10 aromatic rings. The Kier molecular flexibility index (Phi) is 6.42. The quantitative estimate of drug-likeness (QED) is 0.188. The molecule has 0 aliphatic heterocycles. The van der Waals surface area contributed by atoms with E-state index in [1.165, 1.54) is 10.8 Å². The number of hydrogen-bond donors (Lipinski definition) is 0. The van der Waals surface area contributed by atoms with E-state index in [1.807, 2.05) is 78.9 Å². The molecule has 0 unspecified atom stereocenters. The van der Waals surface area contributed by atoms with Crippen molar-refractivity contribution in [3.05, 3.63) is 170 Å². The summed E-state index contributed by atoms with van der Waals surface area (Å²) < 4.78 is 8.58. The molecule has 0 saturated carbocycles. The number of benzene rings is 7. The fourth-order valence-electron chi connectivity index (χ4n) is 7.10. The van der Waals surface area contributed by atoms with Gasteiger partial charge in [-0.2, -0.15) is 0 Å². The number of hydrogen-bond acceptors (Lipinski definition) is 4. The predicted molar refractivity (Wildman–Crippen MR) is 203 cm³/mol. The first-order valence-electron chi connectivity index (χ1n) is 16.7. The smallest absolute Gasteiger partial charge is 0.166 e. The molecule has 0 amide bonds. The maximum Gasteiger partial charge on any atom is 0.166 e. The minimum atomic E-state index is 0.620. The van der Waals surface area contributed by atoms with Crippen molar-refractivity contribution in [2.75, 3.05) is 0 Å². The van der Waals surface area contributed by atoms with Gasteiger partial charge in [-0.25, -0.2) is 15.0 Å². The minimum Gasteiger partial charge on any atom is -0.456 e. The van der Waals surface area contributed by atoms with Gasteiger partial charge in [-0.3, -0.25) is 0 Å². The van der Waals surface area contributed by atoms with E-state index in [0.717, 1.165) is 66.5 Å². The summed E-state index contributed by atoms with van der Waals surface area (Å²) in [6.07, 6.45) is 0. The van der Waals surface area contributed by atoms with Crippen LogP contribution in [0.2, 0.25) is 0 Å². The molecule has 3 heterocycles. The Morgan fingerprint density at radius 1 is 0.360 bits per heavy atom. The zero-order chi connectivity index (χ0) is 33.0. The van der Waals surface area contributed by atoms with E-state index in [9.17, 15) is 0 Å². The number of nitrogens with zero attached hydrogens (tertiary/aromatic N) is 4. The highest BCUT2D eigenvalue weighted by atomic mass is 16.3. The van der Waals surface area contributed by atoms with Gasteiger partial charge >= 0.3 is 0 Å². The van der Waals surface area contributed by atoms with Crippen molar-refractivity contribution in [3.8, 4) is 51.0 Å². The van der Waals surface area contributed by atoms with E-state index < -0.39 is 0 Å². The third-order valence-electron chi connectivity index (χ3n) is 9.47. The zero-order valence-electron chi connectivity index (χ0n) is 26.9. The molecule has 5 nitrogen and oxygen atoms in total. The Morgan fingerprint density at radius 3 is 1.70 bits per heavy atom. The zero-order valence-corrected chi connectivity index (χ0v) is 26.9. The molecule has 234 valence electrons. The van der Waals surface area contributed by atoms with Gasteiger partial charge in [-0.1, -0.05) is 121 Å². The van der Waals surface area contributed by atoms with Crippen LogP contribution >= 0.6 is 0 Å². The second-order valence-electron chi connectivity index (χ2n) is 12.4. The van der Waals surface area contributed by atoms with Crippen LogP contribution in [0.5, 0.6) is 0 Å². The molecule has 0 radical (unpaired) electrons. The highest BCUT2D eigenvalue weighted by Crippen LogP contribution is 2.39. The van der Waals surface area contributed by atoms with Crippen LogP contribution < -0.4 is 0 Å². The van der Waals surface area contributed by atoms with Gasteiger partial charge in [0.1, 0.15) is 11.2 Å². The molecule has 0 aliphatic rings. The van der Waals surface area contributed by atoms with E-state index in [1.54, 1.807) is 0 Å². The van der Waals surface area contributed by atoms with E-state index >= 15 is 0 Å². The highest BCUT2D eigenvalue weighted by Gasteiger charge is 2.19. The summed E-state index contributed by atoms with van der Waals surface area (Å²) in [4.78, 5) is 15.1. The summed E-state index contributed by atoms with van der Waals surface area (Å²) in [5.74, 6) is 1.89. The summed E-state index contributed by atoms with van der Waals surface area (Å²) in [5, 5.41) is 4.61. The van der Waals surface area contributed by atoms with Crippen LogP contribution in [0.1, 0.15) is 0 Å². The number of fused-ring (bicyclic) bond motifs is 6. The van der Waals surface area contributed by atoms with Crippen molar-refractivity contribution in [2.45, 2.75) is 0 Å². The molecule has 0 fully saturated rings. The first-order chi connectivity index (χ1) is 24.8. The molecular weight excluding hydrogens is 613 g/mol. The average Bonchev–Trinajstić information content (AvgIpc) is 3.73. The lowest BCUT2D eigenvalue weighted by atomic mass is 10.0. The van der Waals surface area contributed by atoms with Crippen molar-refractivity contribution in [1.82, 2.24) is 19.5 Å². The molecule has 7 aromatic carbocycles. The number of rotatable bonds is 5. The Bertz CT molecular complexity index is 2810. The van der Waals surface area contributed by atoms with Crippen LogP contribution in [-0.2, 0) is 0 Å². The third kappa shape index (κ3) is 4.60. The second kappa shape index (κ2) is 11.4. The molecule has 0 atom stereocenters. The molecule has 0 saturated heterocycles. The van der Waals surface area contributed by atoms with Gasteiger partial charge in [0, 0.05) is 38.2 Å². The normalized spacial score (nSPS) is 11.6. The Morgan fingerprint density at radius 2 is 0.920 bits per heavy atom. The molecular formula is C45H28N4O. The molecule has 0 bridgehead atoms. The van der Waals surface area contributed by atoms with Gasteiger partial charge in [0.15, 0.2) is 17.5 Å². The molecule has 50 heavy (non-hydrogen) atoms. The second-order valence-corrected chi connectivity index (χ2v) is 12.4. The first-order valence-corrected chi connectivity index (χ1v) is 16.7. The summed E-state index contributed by atoms with van der Waals surface area (Å²) in [6.45, 7) is 0. The fraction of sp³-hybridized carbons (Fsp3) is 0. The van der Waals surface area contributed by atoms with E-state index in [2.05, 4.69) is 95.6 Å². The van der Waals surface area contributed by atoms with Crippen molar-refractivity contribution in [2.24, 2.45) is 0 Å². The number of aromatic nitrogens is 4. The summed E-state index contributed by atoms with van der Waals surface area (Å²) in [5.41, 5.74) is 10.1. The van der Waals surface area contributed by atoms with Crippen LogP contribution in [-0.4, -0.2) is 19.5 Å². The minimum absolute atomic E-state index is 0.620. The SMILES string of the molecule is c1ccc(-c2nc(-c3ccccc3)nc(-c3ccccc3-n3c4ccccc4c4cc(-c5ccc6c(c5)oc5ccccc56)ccc43)n2)cc1. The van der Waals surface area contributed by atoms with E-state index in [-0.39, 0.29) is 0 Å². The molecule has 5 heteroatoms. The van der Waals surface area contributed by atoms with Gasteiger partial charge in [0.05, 0.1) is 16.7 Å². The van der Waals surface area contributed by atoms with Crippen molar-refractivity contribution >= 4 is 43.7 Å². The lowest BCUT2D eigenvalue weighted by Crippen LogP contribution is -2.03. The summed E-state index contributed by atoms with van der Waals surface area (Å²) in [6, 6.07) is 58.6. The van der Waals surface area contributed by atoms with Gasteiger partial charge in [-0.15, -0.1) is 0 Å². The van der Waals surface area contributed by atoms with Crippen LogP contribution in [0.25, 0.3) is 94.7 Å². The highest BCUT2D eigenvalue weighted by molar-refractivity contribution is 6.11. The first kappa shape index (κ1) is 28.2.